The van der Waals surface area contributed by atoms with Gasteiger partial charge in [0.05, 0.1) is 11.9 Å². The molecule has 0 aliphatic rings. The smallest absolute Gasteiger partial charge is 0.316 e. The zero-order valence-corrected chi connectivity index (χ0v) is 13.6. The van der Waals surface area contributed by atoms with Crippen LogP contribution in [0.2, 0.25) is 0 Å². The molecule has 0 atom stereocenters. The Morgan fingerprint density at radius 2 is 1.80 bits per heavy atom. The van der Waals surface area contributed by atoms with Crippen molar-refractivity contribution in [3.63, 3.8) is 0 Å². The zero-order chi connectivity index (χ0) is 17.1. The fourth-order valence-corrected chi connectivity index (χ4v) is 2.49. The lowest BCUT2D eigenvalue weighted by Gasteiger charge is -2.04. The molecule has 0 unspecified atom stereocenters. The zero-order valence-electron chi connectivity index (χ0n) is 13.6. The second-order valence-electron chi connectivity index (χ2n) is 5.64. The first kappa shape index (κ1) is 15.1. The molecule has 7 nitrogen and oxygen atoms in total. The van der Waals surface area contributed by atoms with Gasteiger partial charge in [-0.15, -0.1) is 5.10 Å². The van der Waals surface area contributed by atoms with Crippen LogP contribution in [0.15, 0.2) is 59.4 Å². The van der Waals surface area contributed by atoms with E-state index in [1.165, 1.54) is 5.56 Å². The first-order valence-electron chi connectivity index (χ1n) is 7.86. The maximum atomic E-state index is 5.64. The highest BCUT2D eigenvalue weighted by atomic mass is 16.4. The summed E-state index contributed by atoms with van der Waals surface area (Å²) >= 11 is 0. The van der Waals surface area contributed by atoms with Crippen LogP contribution < -0.4 is 5.32 Å². The Labute approximate surface area is 144 Å². The fraction of sp³-hybridized carbons (Fsp3) is 0.111. The number of aryl methyl sites for hydroxylation is 1. The van der Waals surface area contributed by atoms with Gasteiger partial charge in [0.1, 0.15) is 0 Å². The Morgan fingerprint density at radius 1 is 1.00 bits per heavy atom. The number of benzene rings is 1. The van der Waals surface area contributed by atoms with E-state index in [0.717, 1.165) is 22.4 Å². The largest absolute Gasteiger partial charge is 0.403 e. The maximum Gasteiger partial charge on any atom is 0.316 e. The Bertz CT molecular complexity index is 959. The summed E-state index contributed by atoms with van der Waals surface area (Å²) < 4.78 is 5.64. The molecule has 0 amide bonds. The van der Waals surface area contributed by atoms with Gasteiger partial charge in [-0.1, -0.05) is 34.9 Å². The van der Waals surface area contributed by atoms with Gasteiger partial charge in [-0.3, -0.25) is 10.1 Å². The van der Waals surface area contributed by atoms with Crippen LogP contribution in [-0.2, 0) is 6.54 Å². The minimum Gasteiger partial charge on any atom is -0.403 e. The Kier molecular flexibility index (Phi) is 3.96. The number of aromatic nitrogens is 5. The average molecular weight is 332 g/mol. The van der Waals surface area contributed by atoms with Gasteiger partial charge in [0.15, 0.2) is 0 Å². The molecule has 0 bridgehead atoms. The highest BCUT2D eigenvalue weighted by Crippen LogP contribution is 2.23. The standard InChI is InChI=1S/C18H16N6O/c1-12-2-4-13(5-3-12)16-15(11-21-22-16)10-20-18-24-23-17(25-18)14-6-8-19-9-7-14/h2-9,11H,10H2,1H3,(H,20,24)(H,21,22). The van der Waals surface area contributed by atoms with Gasteiger partial charge >= 0.3 is 6.01 Å². The minimum atomic E-state index is 0.364. The highest BCUT2D eigenvalue weighted by molar-refractivity contribution is 5.63. The quantitative estimate of drug-likeness (QED) is 0.581. The van der Waals surface area contributed by atoms with Crippen molar-refractivity contribution in [2.75, 3.05) is 5.32 Å². The molecule has 0 saturated carbocycles. The van der Waals surface area contributed by atoms with E-state index in [-0.39, 0.29) is 0 Å². The van der Waals surface area contributed by atoms with Crippen molar-refractivity contribution in [2.45, 2.75) is 13.5 Å². The molecule has 2 N–H and O–H groups in total. The predicted octanol–water partition coefficient (Wildman–Crippen LogP) is 3.44. The third-order valence-corrected chi connectivity index (χ3v) is 3.84. The second kappa shape index (κ2) is 6.56. The summed E-state index contributed by atoms with van der Waals surface area (Å²) in [7, 11) is 0. The van der Waals surface area contributed by atoms with Gasteiger partial charge < -0.3 is 9.73 Å². The number of hydrogen-bond donors (Lipinski definition) is 2. The molecule has 1 aromatic carbocycles. The molecule has 4 aromatic rings. The second-order valence-corrected chi connectivity index (χ2v) is 5.64. The molecule has 0 spiro atoms. The molecule has 3 aromatic heterocycles. The molecule has 0 fully saturated rings. The number of nitrogens with zero attached hydrogens (tertiary/aromatic N) is 4. The molecular weight excluding hydrogens is 316 g/mol. The van der Waals surface area contributed by atoms with E-state index in [1.807, 2.05) is 12.1 Å². The lowest BCUT2D eigenvalue weighted by molar-refractivity contribution is 0.581. The van der Waals surface area contributed by atoms with E-state index in [1.54, 1.807) is 18.6 Å². The molecule has 4 rings (SSSR count). The van der Waals surface area contributed by atoms with E-state index in [0.29, 0.717) is 18.5 Å². The Hall–Kier alpha value is -3.48. The molecule has 25 heavy (non-hydrogen) atoms. The first-order valence-corrected chi connectivity index (χ1v) is 7.86. The maximum absolute atomic E-state index is 5.64. The number of H-pyrrole nitrogens is 1. The SMILES string of the molecule is Cc1ccc(-c2[nH]ncc2CNc2nnc(-c3ccncc3)o2)cc1. The summed E-state index contributed by atoms with van der Waals surface area (Å²) in [5.74, 6) is 0.454. The van der Waals surface area contributed by atoms with Crippen LogP contribution >= 0.6 is 0 Å². The van der Waals surface area contributed by atoms with Crippen LogP contribution in [0.4, 0.5) is 6.01 Å². The van der Waals surface area contributed by atoms with Gasteiger partial charge in [-0.25, -0.2) is 0 Å². The lowest BCUT2D eigenvalue weighted by Crippen LogP contribution is -2.00. The molecule has 0 saturated heterocycles. The lowest BCUT2D eigenvalue weighted by atomic mass is 10.1. The van der Waals surface area contributed by atoms with Crippen LogP contribution in [0, 0.1) is 6.92 Å². The number of hydrogen-bond acceptors (Lipinski definition) is 6. The van der Waals surface area contributed by atoms with Crippen molar-refractivity contribution in [3.8, 4) is 22.7 Å². The minimum absolute atomic E-state index is 0.364. The summed E-state index contributed by atoms with van der Waals surface area (Å²) in [6, 6.07) is 12.3. The van der Waals surface area contributed by atoms with Gasteiger partial charge in [-0.05, 0) is 24.6 Å². The van der Waals surface area contributed by atoms with E-state index < -0.39 is 0 Å². The molecule has 3 heterocycles. The van der Waals surface area contributed by atoms with Crippen molar-refractivity contribution in [1.82, 2.24) is 25.4 Å². The van der Waals surface area contributed by atoms with Gasteiger partial charge in [0.2, 0.25) is 5.89 Å². The number of rotatable bonds is 5. The van der Waals surface area contributed by atoms with Crippen molar-refractivity contribution >= 4 is 6.01 Å². The Balaban J connectivity index is 1.49. The van der Waals surface area contributed by atoms with Crippen molar-refractivity contribution < 1.29 is 4.42 Å². The van der Waals surface area contributed by atoms with Crippen molar-refractivity contribution in [1.29, 1.82) is 0 Å². The molecule has 0 aliphatic carbocycles. The van der Waals surface area contributed by atoms with Crippen LogP contribution in [0.3, 0.4) is 0 Å². The van der Waals surface area contributed by atoms with Crippen molar-refractivity contribution in [3.05, 3.63) is 66.1 Å². The first-order chi connectivity index (χ1) is 12.3. The van der Waals surface area contributed by atoms with E-state index in [9.17, 15) is 0 Å². The number of nitrogens with one attached hydrogen (secondary N) is 2. The van der Waals surface area contributed by atoms with E-state index in [4.69, 9.17) is 4.42 Å². The number of pyridine rings is 1. The molecule has 124 valence electrons. The van der Waals surface area contributed by atoms with Crippen LogP contribution in [-0.4, -0.2) is 25.4 Å². The molecule has 0 aliphatic heterocycles. The van der Waals surface area contributed by atoms with Crippen LogP contribution in [0.5, 0.6) is 0 Å². The van der Waals surface area contributed by atoms with E-state index in [2.05, 4.69) is 61.9 Å². The fourth-order valence-electron chi connectivity index (χ4n) is 2.49. The Morgan fingerprint density at radius 3 is 2.60 bits per heavy atom. The van der Waals surface area contributed by atoms with Gasteiger partial charge in [0, 0.05) is 30.1 Å². The summed E-state index contributed by atoms with van der Waals surface area (Å²) in [6.07, 6.45) is 5.17. The third-order valence-electron chi connectivity index (χ3n) is 3.84. The third kappa shape index (κ3) is 3.25. The van der Waals surface area contributed by atoms with Crippen LogP contribution in [0.1, 0.15) is 11.1 Å². The molecule has 0 radical (unpaired) electrons. The number of aromatic amines is 1. The van der Waals surface area contributed by atoms with Crippen molar-refractivity contribution in [2.24, 2.45) is 0 Å². The van der Waals surface area contributed by atoms with Gasteiger partial charge in [-0.2, -0.15) is 5.10 Å². The van der Waals surface area contributed by atoms with Gasteiger partial charge in [0.25, 0.3) is 0 Å². The average Bonchev–Trinajstić information content (AvgIpc) is 3.31. The topological polar surface area (TPSA) is 92.5 Å². The predicted molar refractivity (Wildman–Crippen MR) is 93.6 cm³/mol. The summed E-state index contributed by atoms with van der Waals surface area (Å²) in [4.78, 5) is 3.98. The monoisotopic (exact) mass is 332 g/mol. The highest BCUT2D eigenvalue weighted by Gasteiger charge is 2.11. The normalized spacial score (nSPS) is 10.8. The summed E-state index contributed by atoms with van der Waals surface area (Å²) in [5, 5.41) is 18.4. The molecular formula is C18H16N6O. The summed E-state index contributed by atoms with van der Waals surface area (Å²) in [5.41, 5.74) is 5.13. The number of anilines is 1. The molecule has 7 heteroatoms. The van der Waals surface area contributed by atoms with E-state index >= 15 is 0 Å². The van der Waals surface area contributed by atoms with Crippen LogP contribution in [0.25, 0.3) is 22.7 Å². The summed E-state index contributed by atoms with van der Waals surface area (Å²) in [6.45, 7) is 2.59.